The van der Waals surface area contributed by atoms with Crippen molar-refractivity contribution in [3.05, 3.63) is 75.4 Å². The summed E-state index contributed by atoms with van der Waals surface area (Å²) in [6, 6.07) is 15.8. The molecule has 134 valence electrons. The normalized spacial score (nSPS) is 10.9. The average Bonchev–Trinajstić information content (AvgIpc) is 2.66. The number of amides is 1. The van der Waals surface area contributed by atoms with Gasteiger partial charge in [0.05, 0.1) is 0 Å². The minimum atomic E-state index is -0.397. The summed E-state index contributed by atoms with van der Waals surface area (Å²) in [5.41, 5.74) is 4.06. The van der Waals surface area contributed by atoms with Gasteiger partial charge in [-0.3, -0.25) is 4.79 Å². The zero-order valence-electron chi connectivity index (χ0n) is 15.0. The van der Waals surface area contributed by atoms with Crippen LogP contribution >= 0.6 is 15.9 Å². The summed E-state index contributed by atoms with van der Waals surface area (Å²) < 4.78 is 1.01. The fraction of sp³-hybridized carbons (Fsp3) is 0.238. The van der Waals surface area contributed by atoms with E-state index in [2.05, 4.69) is 26.6 Å². The van der Waals surface area contributed by atoms with E-state index >= 15 is 0 Å². The predicted molar refractivity (Wildman–Crippen MR) is 109 cm³/mol. The van der Waals surface area contributed by atoms with Crippen LogP contribution in [0.25, 0.3) is 0 Å². The lowest BCUT2D eigenvalue weighted by Crippen LogP contribution is -2.18. The van der Waals surface area contributed by atoms with E-state index in [9.17, 15) is 10.1 Å². The van der Waals surface area contributed by atoms with Crippen molar-refractivity contribution in [2.75, 3.05) is 5.32 Å². The Kier molecular flexibility index (Phi) is 7.43. The number of para-hydroxylation sites is 1. The third kappa shape index (κ3) is 5.21. The van der Waals surface area contributed by atoms with Crippen molar-refractivity contribution in [2.45, 2.75) is 33.2 Å². The Balaban J connectivity index is 2.09. The zero-order valence-corrected chi connectivity index (χ0v) is 16.6. The first kappa shape index (κ1) is 19.7. The molecule has 2 N–H and O–H groups in total. The second-order valence-corrected chi connectivity index (χ2v) is 6.71. The van der Waals surface area contributed by atoms with Crippen LogP contribution in [0.4, 0.5) is 5.69 Å². The summed E-state index contributed by atoms with van der Waals surface area (Å²) in [6.07, 6.45) is 3.10. The van der Waals surface area contributed by atoms with E-state index in [1.165, 1.54) is 6.20 Å². The quantitative estimate of drug-likeness (QED) is 0.511. The molecule has 1 amide bonds. The van der Waals surface area contributed by atoms with Crippen molar-refractivity contribution in [2.24, 2.45) is 0 Å². The van der Waals surface area contributed by atoms with Gasteiger partial charge in [-0.15, -0.1) is 0 Å². The molecule has 5 heteroatoms. The minimum absolute atomic E-state index is 0.0510. The molecule has 0 saturated carbocycles. The average molecular weight is 412 g/mol. The van der Waals surface area contributed by atoms with Crippen molar-refractivity contribution in [3.8, 4) is 6.07 Å². The summed E-state index contributed by atoms with van der Waals surface area (Å²) in [5.74, 6) is -0.397. The Labute approximate surface area is 163 Å². The smallest absolute Gasteiger partial charge is 0.267 e. The van der Waals surface area contributed by atoms with E-state index in [0.717, 1.165) is 39.7 Å². The largest absolute Gasteiger partial charge is 0.386 e. The first-order chi connectivity index (χ1) is 12.6. The van der Waals surface area contributed by atoms with Crippen LogP contribution in [-0.2, 0) is 24.2 Å². The van der Waals surface area contributed by atoms with Crippen molar-refractivity contribution in [1.82, 2.24) is 5.32 Å². The van der Waals surface area contributed by atoms with Crippen LogP contribution in [0.2, 0.25) is 0 Å². The zero-order chi connectivity index (χ0) is 18.9. The van der Waals surface area contributed by atoms with Crippen LogP contribution in [0.1, 0.15) is 30.5 Å². The number of carbonyl (C=O) groups excluding carboxylic acids is 1. The first-order valence-electron chi connectivity index (χ1n) is 8.59. The minimum Gasteiger partial charge on any atom is -0.386 e. The standard InChI is InChI=1S/C21H22BrN3O/c1-3-16-6-5-7-17(4-2)20(16)25-21(26)18(12-23)14-24-13-15-8-10-19(22)11-9-15/h5-11,14,24H,3-4,13H2,1-2H3,(H,25,26)/b18-14-. The number of hydrogen-bond acceptors (Lipinski definition) is 3. The number of carbonyl (C=O) groups is 1. The van der Waals surface area contributed by atoms with Gasteiger partial charge in [-0.25, -0.2) is 0 Å². The highest BCUT2D eigenvalue weighted by Crippen LogP contribution is 2.23. The number of nitriles is 1. The predicted octanol–water partition coefficient (Wildman–Crippen LogP) is 4.71. The fourth-order valence-electron chi connectivity index (χ4n) is 2.61. The topological polar surface area (TPSA) is 64.9 Å². The van der Waals surface area contributed by atoms with Gasteiger partial charge in [0.15, 0.2) is 0 Å². The first-order valence-corrected chi connectivity index (χ1v) is 9.38. The molecule has 0 aliphatic rings. The van der Waals surface area contributed by atoms with Crippen LogP contribution in [0.5, 0.6) is 0 Å². The second-order valence-electron chi connectivity index (χ2n) is 5.79. The van der Waals surface area contributed by atoms with Gasteiger partial charge in [-0.05, 0) is 41.7 Å². The van der Waals surface area contributed by atoms with Crippen LogP contribution in [0.3, 0.4) is 0 Å². The lowest BCUT2D eigenvalue weighted by molar-refractivity contribution is -0.112. The molecule has 0 saturated heterocycles. The van der Waals surface area contributed by atoms with E-state index in [1.54, 1.807) is 0 Å². The number of hydrogen-bond donors (Lipinski definition) is 2. The molecule has 26 heavy (non-hydrogen) atoms. The third-order valence-electron chi connectivity index (χ3n) is 4.07. The number of anilines is 1. The molecule has 0 atom stereocenters. The van der Waals surface area contributed by atoms with Crippen LogP contribution in [-0.4, -0.2) is 5.91 Å². The maximum atomic E-state index is 12.5. The molecule has 0 bridgehead atoms. The molecule has 0 fully saturated rings. The number of rotatable bonds is 7. The van der Waals surface area contributed by atoms with Gasteiger partial charge >= 0.3 is 0 Å². The van der Waals surface area contributed by atoms with Crippen LogP contribution in [0.15, 0.2) is 58.7 Å². The van der Waals surface area contributed by atoms with E-state index < -0.39 is 5.91 Å². The maximum absolute atomic E-state index is 12.5. The monoisotopic (exact) mass is 411 g/mol. The molecule has 0 aromatic heterocycles. The molecule has 0 unspecified atom stereocenters. The molecule has 0 radical (unpaired) electrons. The Morgan fingerprint density at radius 3 is 2.27 bits per heavy atom. The SMILES string of the molecule is CCc1cccc(CC)c1NC(=O)/C(C#N)=C\NCc1ccc(Br)cc1. The lowest BCUT2D eigenvalue weighted by Gasteiger charge is -2.14. The molecule has 2 aromatic carbocycles. The number of halogens is 1. The highest BCUT2D eigenvalue weighted by Gasteiger charge is 2.13. The van der Waals surface area contributed by atoms with E-state index in [0.29, 0.717) is 6.54 Å². The molecule has 0 spiro atoms. The highest BCUT2D eigenvalue weighted by molar-refractivity contribution is 9.10. The van der Waals surface area contributed by atoms with E-state index in [1.807, 2.05) is 62.4 Å². The van der Waals surface area contributed by atoms with Gasteiger partial charge < -0.3 is 10.6 Å². The molecule has 2 aromatic rings. The lowest BCUT2D eigenvalue weighted by atomic mass is 10.0. The molecule has 0 aliphatic carbocycles. The molecule has 0 aliphatic heterocycles. The van der Waals surface area contributed by atoms with Crippen molar-refractivity contribution >= 4 is 27.5 Å². The molecular weight excluding hydrogens is 390 g/mol. The summed E-state index contributed by atoms with van der Waals surface area (Å²) in [5, 5.41) is 15.3. The number of nitrogens with one attached hydrogen (secondary N) is 2. The van der Waals surface area contributed by atoms with Crippen molar-refractivity contribution < 1.29 is 4.79 Å². The van der Waals surface area contributed by atoms with Gasteiger partial charge in [0, 0.05) is 22.9 Å². The van der Waals surface area contributed by atoms with Crippen LogP contribution < -0.4 is 10.6 Å². The molecular formula is C21H22BrN3O. The van der Waals surface area contributed by atoms with Gasteiger partial charge in [-0.2, -0.15) is 5.26 Å². The summed E-state index contributed by atoms with van der Waals surface area (Å²) in [4.78, 5) is 12.5. The maximum Gasteiger partial charge on any atom is 0.267 e. The number of nitrogens with zero attached hydrogens (tertiary/aromatic N) is 1. The third-order valence-corrected chi connectivity index (χ3v) is 4.60. The highest BCUT2D eigenvalue weighted by atomic mass is 79.9. The Bertz CT molecular complexity index is 813. The van der Waals surface area contributed by atoms with E-state index in [-0.39, 0.29) is 5.57 Å². The summed E-state index contributed by atoms with van der Waals surface area (Å²) in [6.45, 7) is 4.63. The van der Waals surface area contributed by atoms with Crippen LogP contribution in [0, 0.1) is 11.3 Å². The Morgan fingerprint density at radius 1 is 1.12 bits per heavy atom. The van der Waals surface area contributed by atoms with Crippen molar-refractivity contribution in [3.63, 3.8) is 0 Å². The van der Waals surface area contributed by atoms with E-state index in [4.69, 9.17) is 0 Å². The summed E-state index contributed by atoms with van der Waals surface area (Å²) in [7, 11) is 0. The van der Waals surface area contributed by atoms with Gasteiger partial charge in [0.25, 0.3) is 5.91 Å². The second kappa shape index (κ2) is 9.79. The molecule has 2 rings (SSSR count). The number of aryl methyl sites for hydroxylation is 2. The van der Waals surface area contributed by atoms with Gasteiger partial charge in [0.2, 0.25) is 0 Å². The number of benzene rings is 2. The van der Waals surface area contributed by atoms with Gasteiger partial charge in [0.1, 0.15) is 11.6 Å². The van der Waals surface area contributed by atoms with Gasteiger partial charge in [-0.1, -0.05) is 60.1 Å². The fourth-order valence-corrected chi connectivity index (χ4v) is 2.87. The molecule has 0 heterocycles. The molecule has 4 nitrogen and oxygen atoms in total. The Hall–Kier alpha value is -2.58. The Morgan fingerprint density at radius 2 is 1.73 bits per heavy atom. The van der Waals surface area contributed by atoms with Crippen molar-refractivity contribution in [1.29, 1.82) is 5.26 Å². The summed E-state index contributed by atoms with van der Waals surface area (Å²) >= 11 is 3.39.